The number of rotatable bonds is 9. The topological polar surface area (TPSA) is 93.2 Å². The normalized spacial score (nSPS) is 13.4. The molecule has 1 N–H and O–H groups in total. The maximum absolute atomic E-state index is 13.4. The predicted octanol–water partition coefficient (Wildman–Crippen LogP) is 2.93. The third-order valence-corrected chi connectivity index (χ3v) is 8.01. The zero-order valence-corrected chi connectivity index (χ0v) is 17.5. The summed E-state index contributed by atoms with van der Waals surface area (Å²) in [5, 5.41) is -1.05. The van der Waals surface area contributed by atoms with Crippen LogP contribution in [0.4, 0.5) is 0 Å². The summed E-state index contributed by atoms with van der Waals surface area (Å²) in [5.74, 6) is -0.0211. The van der Waals surface area contributed by atoms with Gasteiger partial charge < -0.3 is 0 Å². The summed E-state index contributed by atoms with van der Waals surface area (Å²) in [7, 11) is -7.36. The Morgan fingerprint density at radius 3 is 2.48 bits per heavy atom. The molecule has 1 aromatic carbocycles. The second-order valence-corrected chi connectivity index (χ2v) is 10.6. The molecule has 1 aromatic heterocycles. The predicted molar refractivity (Wildman–Crippen MR) is 107 cm³/mol. The molecule has 0 aliphatic heterocycles. The molecule has 0 fully saturated rings. The molecule has 2 aromatic rings. The molecule has 0 spiro atoms. The molecule has 0 amide bonds. The number of aromatic nitrogens is 1. The lowest BCUT2D eigenvalue weighted by atomic mass is 10.2. The van der Waals surface area contributed by atoms with Crippen LogP contribution >= 0.6 is 0 Å². The highest BCUT2D eigenvalue weighted by Crippen LogP contribution is 2.30. The van der Waals surface area contributed by atoms with Gasteiger partial charge in [0.2, 0.25) is 10.0 Å². The third-order valence-electron chi connectivity index (χ3n) is 4.34. The molecule has 1 atom stereocenters. The van der Waals surface area contributed by atoms with Crippen molar-refractivity contribution in [1.29, 1.82) is 0 Å². The van der Waals surface area contributed by atoms with Crippen molar-refractivity contribution >= 4 is 19.9 Å². The van der Waals surface area contributed by atoms with Gasteiger partial charge in [0.1, 0.15) is 5.25 Å². The molecule has 8 heteroatoms. The molecule has 0 aliphatic rings. The fourth-order valence-electron chi connectivity index (χ4n) is 2.75. The number of aryl methyl sites for hydroxylation is 2. The number of benzene rings is 1. The van der Waals surface area contributed by atoms with Crippen LogP contribution < -0.4 is 4.72 Å². The quantitative estimate of drug-likeness (QED) is 0.686. The number of pyridine rings is 1. The van der Waals surface area contributed by atoms with Crippen LogP contribution in [0.5, 0.6) is 0 Å². The Labute approximate surface area is 162 Å². The third kappa shape index (κ3) is 5.60. The van der Waals surface area contributed by atoms with Crippen LogP contribution in [0.3, 0.4) is 0 Å². The summed E-state index contributed by atoms with van der Waals surface area (Å²) in [6, 6.07) is 8.53. The monoisotopic (exact) mass is 410 g/mol. The maximum Gasteiger partial charge on any atom is 0.211 e. The van der Waals surface area contributed by atoms with E-state index in [1.807, 2.05) is 19.9 Å². The van der Waals surface area contributed by atoms with E-state index in [1.54, 1.807) is 37.4 Å². The van der Waals surface area contributed by atoms with Crippen molar-refractivity contribution in [1.82, 2.24) is 9.71 Å². The minimum Gasteiger partial charge on any atom is -0.264 e. The summed E-state index contributed by atoms with van der Waals surface area (Å²) >= 11 is 0. The smallest absolute Gasteiger partial charge is 0.211 e. The highest BCUT2D eigenvalue weighted by Gasteiger charge is 2.31. The Hall–Kier alpha value is -1.77. The minimum atomic E-state index is -3.82. The van der Waals surface area contributed by atoms with Crippen molar-refractivity contribution in [3.8, 4) is 0 Å². The van der Waals surface area contributed by atoms with Crippen molar-refractivity contribution in [3.05, 3.63) is 59.4 Å². The van der Waals surface area contributed by atoms with Gasteiger partial charge >= 0.3 is 0 Å². The Balaban J connectivity index is 2.43. The molecule has 148 valence electrons. The van der Waals surface area contributed by atoms with Crippen molar-refractivity contribution in [3.63, 3.8) is 0 Å². The molecular formula is C19H26N2O4S2. The number of hydrogen-bond acceptors (Lipinski definition) is 5. The van der Waals surface area contributed by atoms with Gasteiger partial charge in [-0.1, -0.05) is 31.5 Å². The standard InChI is InChI=1S/C19H26N2O4S2/c1-4-5-11-26(22,23)21-14-19(17-7-6-10-20-13-17)27(24,25)18-12-15(2)8-9-16(18)3/h6-10,12-13,19,21H,4-5,11,14H2,1-3H3/t19-/m0/s1. The fourth-order valence-corrected chi connectivity index (χ4v) is 6.06. The van der Waals surface area contributed by atoms with Crippen LogP contribution in [-0.4, -0.2) is 34.1 Å². The number of sulfone groups is 1. The minimum absolute atomic E-state index is 0.0211. The Bertz CT molecular complexity index is 972. The number of sulfonamides is 1. The summed E-state index contributed by atoms with van der Waals surface area (Å²) in [4.78, 5) is 4.22. The van der Waals surface area contributed by atoms with Gasteiger partial charge in [-0.3, -0.25) is 4.98 Å². The first-order valence-corrected chi connectivity index (χ1v) is 12.1. The van der Waals surface area contributed by atoms with Crippen molar-refractivity contribution in [2.75, 3.05) is 12.3 Å². The van der Waals surface area contributed by atoms with Crippen molar-refractivity contribution in [2.45, 2.75) is 43.8 Å². The van der Waals surface area contributed by atoms with Crippen molar-refractivity contribution < 1.29 is 16.8 Å². The van der Waals surface area contributed by atoms with E-state index >= 15 is 0 Å². The molecule has 0 bridgehead atoms. The summed E-state index contributed by atoms with van der Waals surface area (Å²) in [6.45, 7) is 5.23. The molecule has 27 heavy (non-hydrogen) atoms. The summed E-state index contributed by atoms with van der Waals surface area (Å²) < 4.78 is 53.6. The average Bonchev–Trinajstić information content (AvgIpc) is 2.62. The molecule has 0 saturated heterocycles. The molecule has 6 nitrogen and oxygen atoms in total. The lowest BCUT2D eigenvalue weighted by Gasteiger charge is -2.20. The van der Waals surface area contributed by atoms with E-state index in [1.165, 1.54) is 6.20 Å². The van der Waals surface area contributed by atoms with Crippen LogP contribution in [0, 0.1) is 13.8 Å². The highest BCUT2D eigenvalue weighted by molar-refractivity contribution is 7.92. The lowest BCUT2D eigenvalue weighted by Crippen LogP contribution is -2.33. The van der Waals surface area contributed by atoms with Gasteiger partial charge in [0, 0.05) is 18.9 Å². The highest BCUT2D eigenvalue weighted by atomic mass is 32.2. The van der Waals surface area contributed by atoms with E-state index < -0.39 is 25.1 Å². The van der Waals surface area contributed by atoms with Gasteiger partial charge in [-0.2, -0.15) is 0 Å². The van der Waals surface area contributed by atoms with Crippen LogP contribution in [0.15, 0.2) is 47.6 Å². The van der Waals surface area contributed by atoms with E-state index in [0.717, 1.165) is 12.0 Å². The van der Waals surface area contributed by atoms with Gasteiger partial charge in [-0.05, 0) is 49.1 Å². The number of nitrogens with zero attached hydrogens (tertiary/aromatic N) is 1. The van der Waals surface area contributed by atoms with E-state index in [9.17, 15) is 16.8 Å². The van der Waals surface area contributed by atoms with E-state index in [2.05, 4.69) is 9.71 Å². The molecule has 0 radical (unpaired) electrons. The largest absolute Gasteiger partial charge is 0.264 e. The Morgan fingerprint density at radius 2 is 1.85 bits per heavy atom. The Kier molecular flexibility index (Phi) is 7.13. The van der Waals surface area contributed by atoms with E-state index in [4.69, 9.17) is 0 Å². The van der Waals surface area contributed by atoms with Gasteiger partial charge in [0.25, 0.3) is 0 Å². The average molecular weight is 411 g/mol. The lowest BCUT2D eigenvalue weighted by molar-refractivity contribution is 0.566. The Morgan fingerprint density at radius 1 is 1.11 bits per heavy atom. The molecule has 0 unspecified atom stereocenters. The van der Waals surface area contributed by atoms with Crippen molar-refractivity contribution in [2.24, 2.45) is 0 Å². The molecular weight excluding hydrogens is 384 g/mol. The molecule has 2 rings (SSSR count). The van der Waals surface area contributed by atoms with Gasteiger partial charge in [0.15, 0.2) is 9.84 Å². The van der Waals surface area contributed by atoms with Crippen LogP contribution in [0.25, 0.3) is 0 Å². The zero-order valence-electron chi connectivity index (χ0n) is 15.8. The number of nitrogens with one attached hydrogen (secondary N) is 1. The van der Waals surface area contributed by atoms with Crippen LogP contribution in [0.2, 0.25) is 0 Å². The zero-order chi connectivity index (χ0) is 20.1. The van der Waals surface area contributed by atoms with Gasteiger partial charge in [-0.15, -0.1) is 0 Å². The SMILES string of the molecule is CCCCS(=O)(=O)NC[C@@H](c1cccnc1)S(=O)(=O)c1cc(C)ccc1C. The number of hydrogen-bond donors (Lipinski definition) is 1. The first-order valence-electron chi connectivity index (χ1n) is 8.86. The first kappa shape index (κ1) is 21.5. The molecule has 0 saturated carbocycles. The molecule has 1 heterocycles. The fraction of sp³-hybridized carbons (Fsp3) is 0.421. The second kappa shape index (κ2) is 8.95. The van der Waals surface area contributed by atoms with E-state index in [-0.39, 0.29) is 17.2 Å². The number of unbranched alkanes of at least 4 members (excludes halogenated alkanes) is 1. The van der Waals surface area contributed by atoms with E-state index in [0.29, 0.717) is 17.5 Å². The summed E-state index contributed by atoms with van der Waals surface area (Å²) in [6.07, 6.45) is 4.29. The van der Waals surface area contributed by atoms with Crippen LogP contribution in [-0.2, 0) is 19.9 Å². The van der Waals surface area contributed by atoms with Crippen LogP contribution in [0.1, 0.15) is 41.7 Å². The first-order chi connectivity index (χ1) is 12.7. The maximum atomic E-state index is 13.4. The van der Waals surface area contributed by atoms with Gasteiger partial charge in [-0.25, -0.2) is 21.6 Å². The summed E-state index contributed by atoms with van der Waals surface area (Å²) in [5.41, 5.74) is 1.91. The second-order valence-electron chi connectivity index (χ2n) is 6.61. The van der Waals surface area contributed by atoms with Gasteiger partial charge in [0.05, 0.1) is 10.6 Å². The molecule has 0 aliphatic carbocycles.